The van der Waals surface area contributed by atoms with Gasteiger partial charge in [0, 0.05) is 80.3 Å². The van der Waals surface area contributed by atoms with Crippen molar-refractivity contribution >= 4 is 29.8 Å². The number of aliphatic carboxylic acids is 5. The standard InChI is InChI=1S/C4H13N3.5C2H4O2.2H3N.Zn/c5-1-3-7-4-2-6;5*1-2(3)4;;;/h7H,1-6H2;5*1H3,(H,3,4);2*1H3;. The third-order valence-corrected chi connectivity index (χ3v) is 0.642. The first kappa shape index (κ1) is 56.5. The maximum absolute atomic E-state index is 9.00. The van der Waals surface area contributed by atoms with Crippen LogP contribution in [0.5, 0.6) is 0 Å². The van der Waals surface area contributed by atoms with E-state index in [-0.39, 0.29) is 31.8 Å². The van der Waals surface area contributed by atoms with Gasteiger partial charge in [0.15, 0.2) is 0 Å². The fourth-order valence-electron chi connectivity index (χ4n) is 0.329. The van der Waals surface area contributed by atoms with Crippen LogP contribution in [-0.4, -0.2) is 81.6 Å². The smallest absolute Gasteiger partial charge is 0.300 e. The van der Waals surface area contributed by atoms with E-state index in [4.69, 9.17) is 61.0 Å². The van der Waals surface area contributed by atoms with Crippen LogP contribution in [0.3, 0.4) is 0 Å². The number of rotatable bonds is 4. The Labute approximate surface area is 189 Å². The Morgan fingerprint density at radius 2 is 0.667 bits per heavy atom. The Kier molecular flexibility index (Phi) is 106. The normalized spacial score (nSPS) is 6.37. The van der Waals surface area contributed by atoms with E-state index in [2.05, 4.69) is 5.32 Å². The Bertz CT molecular complexity index is 294. The van der Waals surface area contributed by atoms with Gasteiger partial charge in [-0.25, -0.2) is 0 Å². The van der Waals surface area contributed by atoms with Gasteiger partial charge < -0.3 is 54.6 Å². The van der Waals surface area contributed by atoms with E-state index in [9.17, 15) is 0 Å². The predicted molar refractivity (Wildman–Crippen MR) is 108 cm³/mol. The van der Waals surface area contributed by atoms with Crippen molar-refractivity contribution in [3.63, 3.8) is 0 Å². The monoisotopic (exact) mass is 501 g/mol. The summed E-state index contributed by atoms with van der Waals surface area (Å²) in [5.74, 6) is -4.17. The molecule has 0 rings (SSSR count). The molecule has 0 bridgehead atoms. The summed E-state index contributed by atoms with van der Waals surface area (Å²) >= 11 is 0. The average molecular weight is 503 g/mol. The first-order chi connectivity index (χ1) is 12.1. The van der Waals surface area contributed by atoms with Crippen molar-refractivity contribution in [2.24, 2.45) is 11.5 Å². The van der Waals surface area contributed by atoms with Gasteiger partial charge in [0.1, 0.15) is 0 Å². The zero-order chi connectivity index (χ0) is 23.4. The molecule has 0 aliphatic heterocycles. The topological polar surface area (TPSA) is 321 Å². The van der Waals surface area contributed by atoms with E-state index in [0.29, 0.717) is 13.1 Å². The van der Waals surface area contributed by atoms with Crippen LogP contribution in [-0.2, 0) is 43.5 Å². The van der Waals surface area contributed by atoms with Crippen LogP contribution >= 0.6 is 0 Å². The molecule has 0 heterocycles. The molecule has 182 valence electrons. The Morgan fingerprint density at radius 3 is 0.733 bits per heavy atom. The van der Waals surface area contributed by atoms with Crippen LogP contribution in [0, 0.1) is 0 Å². The van der Waals surface area contributed by atoms with Gasteiger partial charge in [-0.1, -0.05) is 0 Å². The second-order valence-electron chi connectivity index (χ2n) is 3.92. The molecule has 0 unspecified atom stereocenters. The average Bonchev–Trinajstić information content (AvgIpc) is 2.35. The van der Waals surface area contributed by atoms with Crippen molar-refractivity contribution < 1.29 is 69.0 Å². The fraction of sp³-hybridized carbons (Fsp3) is 0.643. The SMILES string of the molecule is CC(=O)O.CC(=O)O.CC(=O)O.CC(=O)O.CC(=O)O.N.N.NCCNCCN.[Zn]. The number of carboxylic acids is 5. The molecule has 0 aliphatic rings. The summed E-state index contributed by atoms with van der Waals surface area (Å²) in [6, 6.07) is 0. The van der Waals surface area contributed by atoms with Gasteiger partial charge in [-0.2, -0.15) is 0 Å². The number of carbonyl (C=O) groups is 5. The molecule has 0 radical (unpaired) electrons. The molecule has 0 aromatic heterocycles. The molecule has 15 nitrogen and oxygen atoms in total. The first-order valence-electron chi connectivity index (χ1n) is 7.16. The number of hydrogen-bond acceptors (Lipinski definition) is 10. The maximum atomic E-state index is 9.00. The number of carboxylic acid groups (broad SMARTS) is 5. The quantitative estimate of drug-likeness (QED) is 0.167. The first-order valence-corrected chi connectivity index (χ1v) is 7.16. The van der Waals surface area contributed by atoms with Crippen molar-refractivity contribution in [3.05, 3.63) is 0 Å². The molecule has 0 atom stereocenters. The summed E-state index contributed by atoms with van der Waals surface area (Å²) in [6.07, 6.45) is 0. The van der Waals surface area contributed by atoms with Crippen LogP contribution in [0.1, 0.15) is 34.6 Å². The maximum Gasteiger partial charge on any atom is 0.300 e. The second-order valence-corrected chi connectivity index (χ2v) is 3.92. The van der Waals surface area contributed by atoms with Crippen LogP contribution in [0.4, 0.5) is 0 Å². The third kappa shape index (κ3) is 5030. The van der Waals surface area contributed by atoms with Gasteiger partial charge in [-0.15, -0.1) is 0 Å². The molecule has 0 aromatic rings. The summed E-state index contributed by atoms with van der Waals surface area (Å²) in [5.41, 5.74) is 10.3. The van der Waals surface area contributed by atoms with Crippen LogP contribution in [0.2, 0.25) is 0 Å². The van der Waals surface area contributed by atoms with Gasteiger partial charge in [0.2, 0.25) is 0 Å². The largest absolute Gasteiger partial charge is 0.481 e. The van der Waals surface area contributed by atoms with Crippen molar-refractivity contribution in [2.75, 3.05) is 26.2 Å². The van der Waals surface area contributed by atoms with Crippen LogP contribution in [0.15, 0.2) is 0 Å². The van der Waals surface area contributed by atoms with Crippen molar-refractivity contribution in [3.8, 4) is 0 Å². The summed E-state index contributed by atoms with van der Waals surface area (Å²) in [6.45, 7) is 8.55. The van der Waals surface area contributed by atoms with E-state index in [1.54, 1.807) is 0 Å². The van der Waals surface area contributed by atoms with Crippen molar-refractivity contribution in [1.29, 1.82) is 0 Å². The summed E-state index contributed by atoms with van der Waals surface area (Å²) in [5, 5.41) is 40.1. The summed E-state index contributed by atoms with van der Waals surface area (Å²) < 4.78 is 0. The third-order valence-electron chi connectivity index (χ3n) is 0.642. The van der Waals surface area contributed by atoms with E-state index in [1.165, 1.54) is 0 Å². The second kappa shape index (κ2) is 56.3. The molecule has 16 N–H and O–H groups in total. The van der Waals surface area contributed by atoms with E-state index >= 15 is 0 Å². The molecule has 0 amide bonds. The summed E-state index contributed by atoms with van der Waals surface area (Å²) in [7, 11) is 0. The number of nitrogens with one attached hydrogen (secondary N) is 1. The molecule has 0 spiro atoms. The van der Waals surface area contributed by atoms with E-state index < -0.39 is 29.8 Å². The molecule has 0 fully saturated rings. The number of hydrogen-bond donors (Lipinski definition) is 10. The zero-order valence-corrected chi connectivity index (χ0v) is 21.3. The van der Waals surface area contributed by atoms with Gasteiger partial charge >= 0.3 is 0 Å². The minimum atomic E-state index is -0.833. The van der Waals surface area contributed by atoms with Gasteiger partial charge in [0.05, 0.1) is 0 Å². The van der Waals surface area contributed by atoms with E-state index in [1.807, 2.05) is 0 Å². The van der Waals surface area contributed by atoms with Crippen molar-refractivity contribution in [2.45, 2.75) is 34.6 Å². The summed E-state index contributed by atoms with van der Waals surface area (Å²) in [4.78, 5) is 45.0. The molecule has 0 saturated carbocycles. The number of nitrogens with two attached hydrogens (primary N) is 2. The Morgan fingerprint density at radius 1 is 0.567 bits per heavy atom. The van der Waals surface area contributed by atoms with Crippen LogP contribution in [0.25, 0.3) is 0 Å². The molecule has 16 heteroatoms. The Hall–Kier alpha value is -2.23. The molecule has 0 saturated heterocycles. The molecule has 0 aliphatic carbocycles. The predicted octanol–water partition coefficient (Wildman–Crippen LogP) is -0.731. The molecule has 30 heavy (non-hydrogen) atoms. The van der Waals surface area contributed by atoms with Crippen molar-refractivity contribution in [1.82, 2.24) is 17.6 Å². The zero-order valence-electron chi connectivity index (χ0n) is 18.4. The minimum absolute atomic E-state index is 0. The van der Waals surface area contributed by atoms with Gasteiger partial charge in [-0.3, -0.25) is 24.0 Å². The molecular weight excluding hydrogens is 464 g/mol. The van der Waals surface area contributed by atoms with Crippen LogP contribution < -0.4 is 29.1 Å². The van der Waals surface area contributed by atoms with Gasteiger partial charge in [0.25, 0.3) is 29.8 Å². The Balaban J connectivity index is -0.0000000251. The fourth-order valence-corrected chi connectivity index (χ4v) is 0.329. The minimum Gasteiger partial charge on any atom is -0.481 e. The molecule has 0 aromatic carbocycles. The molecular formula is C14H39N5O10Zn. The van der Waals surface area contributed by atoms with Gasteiger partial charge in [-0.05, 0) is 0 Å². The van der Waals surface area contributed by atoms with E-state index in [0.717, 1.165) is 47.7 Å².